The maximum atomic E-state index is 13.7. The maximum Gasteiger partial charge on any atom is 0.248 e. The van der Waals surface area contributed by atoms with Gasteiger partial charge in [-0.1, -0.05) is 11.8 Å². The molecule has 0 aliphatic heterocycles. The van der Waals surface area contributed by atoms with E-state index in [2.05, 4.69) is 9.97 Å². The third-order valence-electron chi connectivity index (χ3n) is 2.54. The molecule has 0 spiro atoms. The van der Waals surface area contributed by atoms with Gasteiger partial charge in [0.05, 0.1) is 0 Å². The summed E-state index contributed by atoms with van der Waals surface area (Å²) >= 11 is 1.24. The van der Waals surface area contributed by atoms with Gasteiger partial charge in [0.1, 0.15) is 11.6 Å². The predicted octanol–water partition coefficient (Wildman–Crippen LogP) is 1.90. The van der Waals surface area contributed by atoms with Crippen LogP contribution in [0.25, 0.3) is 0 Å². The minimum atomic E-state index is -0.590. The van der Waals surface area contributed by atoms with Crippen LogP contribution >= 0.6 is 11.8 Å². The normalized spacial score (nSPS) is 10.5. The van der Waals surface area contributed by atoms with Crippen LogP contribution in [-0.2, 0) is 5.75 Å². The molecular formula is C13H13FN4OS. The van der Waals surface area contributed by atoms with Gasteiger partial charge >= 0.3 is 0 Å². The fourth-order valence-electron chi connectivity index (χ4n) is 1.61. The van der Waals surface area contributed by atoms with Gasteiger partial charge in [-0.25, -0.2) is 14.4 Å². The molecule has 1 aromatic carbocycles. The number of aromatic nitrogens is 2. The minimum Gasteiger partial charge on any atom is -0.384 e. The molecule has 2 aromatic rings. The molecule has 0 saturated heterocycles. The van der Waals surface area contributed by atoms with Crippen LogP contribution in [0.5, 0.6) is 0 Å². The number of aryl methyl sites for hydroxylation is 1. The molecule has 1 heterocycles. The van der Waals surface area contributed by atoms with Crippen molar-refractivity contribution < 1.29 is 9.18 Å². The number of nitrogens with zero attached hydrogens (tertiary/aromatic N) is 2. The van der Waals surface area contributed by atoms with Crippen molar-refractivity contribution in [2.75, 3.05) is 5.73 Å². The Kier molecular flexibility index (Phi) is 4.19. The first-order valence-corrected chi connectivity index (χ1v) is 6.76. The van der Waals surface area contributed by atoms with Crippen LogP contribution in [0.2, 0.25) is 0 Å². The first-order valence-electron chi connectivity index (χ1n) is 5.78. The Morgan fingerprint density at radius 1 is 1.35 bits per heavy atom. The average Bonchev–Trinajstić information content (AvgIpc) is 2.36. The molecule has 5 nitrogen and oxygen atoms in total. The van der Waals surface area contributed by atoms with Crippen LogP contribution in [0, 0.1) is 12.7 Å². The molecule has 1 aromatic heterocycles. The summed E-state index contributed by atoms with van der Waals surface area (Å²) in [4.78, 5) is 19.3. The van der Waals surface area contributed by atoms with Gasteiger partial charge in [0.15, 0.2) is 5.16 Å². The van der Waals surface area contributed by atoms with Crippen molar-refractivity contribution in [3.05, 3.63) is 46.9 Å². The number of nitrogen functional groups attached to an aromatic ring is 1. The number of rotatable bonds is 4. The molecule has 7 heteroatoms. The lowest BCUT2D eigenvalue weighted by Crippen LogP contribution is -2.11. The number of anilines is 1. The average molecular weight is 292 g/mol. The number of hydrogen-bond acceptors (Lipinski definition) is 5. The number of benzene rings is 1. The molecule has 104 valence electrons. The van der Waals surface area contributed by atoms with Crippen molar-refractivity contribution >= 4 is 23.5 Å². The van der Waals surface area contributed by atoms with Gasteiger partial charge < -0.3 is 11.5 Å². The Labute approximate surface area is 119 Å². The van der Waals surface area contributed by atoms with Gasteiger partial charge in [0.2, 0.25) is 5.91 Å². The lowest BCUT2D eigenvalue weighted by atomic mass is 10.1. The molecule has 0 unspecified atom stereocenters. The van der Waals surface area contributed by atoms with Crippen LogP contribution < -0.4 is 11.5 Å². The van der Waals surface area contributed by atoms with E-state index in [0.717, 1.165) is 5.69 Å². The molecule has 0 aliphatic rings. The summed E-state index contributed by atoms with van der Waals surface area (Å²) in [5.74, 6) is -0.336. The van der Waals surface area contributed by atoms with Crippen molar-refractivity contribution in [3.8, 4) is 0 Å². The number of carbonyl (C=O) groups is 1. The molecule has 0 bridgehead atoms. The number of halogens is 1. The summed E-state index contributed by atoms with van der Waals surface area (Å²) in [6.07, 6.45) is 0. The van der Waals surface area contributed by atoms with Gasteiger partial charge in [-0.05, 0) is 30.7 Å². The van der Waals surface area contributed by atoms with Gasteiger partial charge in [0.25, 0.3) is 0 Å². The second-order valence-electron chi connectivity index (χ2n) is 4.18. The van der Waals surface area contributed by atoms with E-state index in [4.69, 9.17) is 11.5 Å². The van der Waals surface area contributed by atoms with Gasteiger partial charge in [-0.3, -0.25) is 4.79 Å². The zero-order chi connectivity index (χ0) is 14.7. The van der Waals surface area contributed by atoms with Crippen LogP contribution in [-0.4, -0.2) is 15.9 Å². The highest BCUT2D eigenvalue weighted by molar-refractivity contribution is 7.98. The second kappa shape index (κ2) is 5.87. The van der Waals surface area contributed by atoms with Crippen molar-refractivity contribution in [3.63, 3.8) is 0 Å². The number of primary amides is 1. The quantitative estimate of drug-likeness (QED) is 0.663. The summed E-state index contributed by atoms with van der Waals surface area (Å²) in [7, 11) is 0. The Hall–Kier alpha value is -2.15. The molecule has 0 aliphatic carbocycles. The van der Waals surface area contributed by atoms with Crippen LogP contribution in [0.15, 0.2) is 29.4 Å². The molecule has 1 amide bonds. The summed E-state index contributed by atoms with van der Waals surface area (Å²) in [5.41, 5.74) is 12.2. The molecule has 0 saturated carbocycles. The van der Waals surface area contributed by atoms with E-state index in [-0.39, 0.29) is 11.3 Å². The Morgan fingerprint density at radius 2 is 2.10 bits per heavy atom. The lowest BCUT2D eigenvalue weighted by molar-refractivity contribution is 0.1000. The summed E-state index contributed by atoms with van der Waals surface area (Å²) in [5, 5.41) is 0.464. The Balaban J connectivity index is 2.18. The van der Waals surface area contributed by atoms with Gasteiger partial charge in [0, 0.05) is 23.1 Å². The standard InChI is InChI=1S/C13H13FN4OS/c1-7-4-11(15)18-13(17-7)20-6-9-5-8(12(16)19)2-3-10(9)14/h2-5H,6H2,1H3,(H2,16,19)(H2,15,17,18). The molecular weight excluding hydrogens is 279 g/mol. The first-order chi connectivity index (χ1) is 9.45. The van der Waals surface area contributed by atoms with E-state index in [1.165, 1.54) is 30.0 Å². The molecule has 4 N–H and O–H groups in total. The molecule has 20 heavy (non-hydrogen) atoms. The number of carbonyl (C=O) groups excluding carboxylic acids is 1. The van der Waals surface area contributed by atoms with Crippen molar-refractivity contribution in [2.45, 2.75) is 17.8 Å². The number of amides is 1. The maximum absolute atomic E-state index is 13.7. The third kappa shape index (κ3) is 3.45. The number of hydrogen-bond donors (Lipinski definition) is 2. The zero-order valence-electron chi connectivity index (χ0n) is 10.8. The topological polar surface area (TPSA) is 94.9 Å². The van der Waals surface area contributed by atoms with E-state index in [0.29, 0.717) is 16.5 Å². The monoisotopic (exact) mass is 292 g/mol. The van der Waals surface area contributed by atoms with Gasteiger partial charge in [-0.2, -0.15) is 0 Å². The van der Waals surface area contributed by atoms with Crippen molar-refractivity contribution in [2.24, 2.45) is 5.73 Å². The van der Waals surface area contributed by atoms with Crippen molar-refractivity contribution in [1.82, 2.24) is 9.97 Å². The highest BCUT2D eigenvalue weighted by Crippen LogP contribution is 2.23. The third-order valence-corrected chi connectivity index (χ3v) is 3.44. The predicted molar refractivity (Wildman–Crippen MR) is 75.7 cm³/mol. The number of nitrogens with two attached hydrogens (primary N) is 2. The highest BCUT2D eigenvalue weighted by atomic mass is 32.2. The van der Waals surface area contributed by atoms with Crippen LogP contribution in [0.4, 0.5) is 10.2 Å². The second-order valence-corrected chi connectivity index (χ2v) is 5.12. The molecule has 0 fully saturated rings. The Morgan fingerprint density at radius 3 is 2.75 bits per heavy atom. The first kappa shape index (κ1) is 14.3. The summed E-state index contributed by atoms with van der Waals surface area (Å²) in [6.45, 7) is 1.80. The van der Waals surface area contributed by atoms with E-state index in [9.17, 15) is 9.18 Å². The summed E-state index contributed by atoms with van der Waals surface area (Å²) < 4.78 is 13.7. The minimum absolute atomic E-state index is 0.270. The molecule has 2 rings (SSSR count). The Bertz CT molecular complexity index is 643. The van der Waals surface area contributed by atoms with E-state index in [1.54, 1.807) is 13.0 Å². The fraction of sp³-hybridized carbons (Fsp3) is 0.154. The molecule has 0 radical (unpaired) electrons. The van der Waals surface area contributed by atoms with Crippen molar-refractivity contribution in [1.29, 1.82) is 0 Å². The van der Waals surface area contributed by atoms with E-state index < -0.39 is 11.7 Å². The zero-order valence-corrected chi connectivity index (χ0v) is 11.6. The van der Waals surface area contributed by atoms with E-state index in [1.807, 2.05) is 0 Å². The largest absolute Gasteiger partial charge is 0.384 e. The summed E-state index contributed by atoms with van der Waals surface area (Å²) in [6, 6.07) is 5.66. The van der Waals surface area contributed by atoms with Crippen LogP contribution in [0.1, 0.15) is 21.6 Å². The van der Waals surface area contributed by atoms with Crippen LogP contribution in [0.3, 0.4) is 0 Å². The highest BCUT2D eigenvalue weighted by Gasteiger charge is 2.09. The fourth-order valence-corrected chi connectivity index (χ4v) is 2.49. The SMILES string of the molecule is Cc1cc(N)nc(SCc2cc(C(N)=O)ccc2F)n1. The molecule has 0 atom stereocenters. The lowest BCUT2D eigenvalue weighted by Gasteiger charge is -2.05. The van der Waals surface area contributed by atoms with E-state index >= 15 is 0 Å². The van der Waals surface area contributed by atoms with Gasteiger partial charge in [-0.15, -0.1) is 0 Å². The number of thioether (sulfide) groups is 1. The smallest absolute Gasteiger partial charge is 0.248 e.